The van der Waals surface area contributed by atoms with Crippen molar-refractivity contribution in [2.45, 2.75) is 64.6 Å². The number of rotatable bonds is 7. The molecule has 6 nitrogen and oxygen atoms in total. The lowest BCUT2D eigenvalue weighted by Crippen LogP contribution is -2.32. The second-order valence-electron chi connectivity index (χ2n) is 8.03. The molecule has 0 unspecified atom stereocenters. The number of carbonyl (C=O) groups excluding carboxylic acids is 1. The van der Waals surface area contributed by atoms with Gasteiger partial charge in [-0.25, -0.2) is 0 Å². The van der Waals surface area contributed by atoms with E-state index in [0.29, 0.717) is 5.56 Å². The molecule has 0 amide bonds. The van der Waals surface area contributed by atoms with E-state index in [2.05, 4.69) is 5.32 Å². The summed E-state index contributed by atoms with van der Waals surface area (Å²) in [7, 11) is -3.59. The van der Waals surface area contributed by atoms with Crippen LogP contribution in [0.3, 0.4) is 0 Å². The summed E-state index contributed by atoms with van der Waals surface area (Å²) in [5.41, 5.74) is -1.08. The molecule has 1 aliphatic rings. The van der Waals surface area contributed by atoms with E-state index in [1.807, 2.05) is 0 Å². The van der Waals surface area contributed by atoms with Crippen LogP contribution in [0, 0.1) is 5.92 Å². The van der Waals surface area contributed by atoms with Gasteiger partial charge in [0.25, 0.3) is 0 Å². The van der Waals surface area contributed by atoms with Gasteiger partial charge < -0.3 is 13.8 Å². The van der Waals surface area contributed by atoms with Gasteiger partial charge in [0.2, 0.25) is 0 Å². The van der Waals surface area contributed by atoms with Crippen LogP contribution < -0.4 is 5.32 Å². The first-order chi connectivity index (χ1) is 13.8. The maximum absolute atomic E-state index is 13.2. The fourth-order valence-corrected chi connectivity index (χ4v) is 5.37. The molecule has 1 N–H and O–H groups in total. The molecule has 30 heavy (non-hydrogen) atoms. The fourth-order valence-electron chi connectivity index (χ4n) is 3.38. The highest BCUT2D eigenvalue weighted by Gasteiger charge is 2.49. The molecule has 1 fully saturated rings. The summed E-state index contributed by atoms with van der Waals surface area (Å²) in [5, 5.41) is 3.10. The van der Waals surface area contributed by atoms with Gasteiger partial charge in [0.05, 0.1) is 24.7 Å². The van der Waals surface area contributed by atoms with E-state index in [0.717, 1.165) is 12.1 Å². The van der Waals surface area contributed by atoms with E-state index >= 15 is 0 Å². The molecular weight excluding hydrogens is 422 g/mol. The van der Waals surface area contributed by atoms with Gasteiger partial charge in [0.15, 0.2) is 0 Å². The number of nitrogens with one attached hydrogen (secondary N) is 1. The van der Waals surface area contributed by atoms with Crippen LogP contribution in [0.4, 0.5) is 13.2 Å². The Labute approximate surface area is 175 Å². The largest absolute Gasteiger partial charge is 0.460 e. The van der Waals surface area contributed by atoms with Gasteiger partial charge in [-0.15, -0.1) is 0 Å². The van der Waals surface area contributed by atoms with E-state index in [9.17, 15) is 22.5 Å². The molecule has 1 saturated heterocycles. The lowest BCUT2D eigenvalue weighted by Gasteiger charge is -2.25. The monoisotopic (exact) mass is 451 g/mol. The van der Waals surface area contributed by atoms with Crippen LogP contribution in [-0.4, -0.2) is 30.6 Å². The van der Waals surface area contributed by atoms with Crippen LogP contribution in [0.2, 0.25) is 0 Å². The number of halogens is 3. The molecule has 0 aromatic heterocycles. The van der Waals surface area contributed by atoms with Gasteiger partial charge in [-0.1, -0.05) is 12.1 Å². The van der Waals surface area contributed by atoms with E-state index in [1.165, 1.54) is 12.1 Å². The minimum absolute atomic E-state index is 0.109. The molecular formula is C20H29F3NO5P. The number of hydrogen-bond acceptors (Lipinski definition) is 6. The molecule has 1 aliphatic heterocycles. The van der Waals surface area contributed by atoms with Crippen molar-refractivity contribution < 1.29 is 36.3 Å². The molecule has 1 aromatic rings. The van der Waals surface area contributed by atoms with E-state index in [4.69, 9.17) is 13.8 Å². The summed E-state index contributed by atoms with van der Waals surface area (Å²) in [4.78, 5) is 12.8. The van der Waals surface area contributed by atoms with Crippen LogP contribution in [0.15, 0.2) is 24.3 Å². The quantitative estimate of drug-likeness (QED) is 0.449. The number of carbonyl (C=O) groups is 1. The van der Waals surface area contributed by atoms with E-state index in [-0.39, 0.29) is 19.6 Å². The Kier molecular flexibility index (Phi) is 7.78. The maximum atomic E-state index is 13.2. The third-order valence-corrected chi connectivity index (χ3v) is 6.92. The second kappa shape index (κ2) is 9.39. The van der Waals surface area contributed by atoms with Crippen molar-refractivity contribution in [3.63, 3.8) is 0 Å². The molecule has 1 heterocycles. The first-order valence-corrected chi connectivity index (χ1v) is 11.5. The van der Waals surface area contributed by atoms with Crippen molar-refractivity contribution in [2.24, 2.45) is 5.92 Å². The summed E-state index contributed by atoms with van der Waals surface area (Å²) in [6.45, 7) is 8.84. The predicted octanol–water partition coefficient (Wildman–Crippen LogP) is 5.29. The first-order valence-electron chi connectivity index (χ1n) is 9.85. The fraction of sp³-hybridized carbons (Fsp3) is 0.650. The predicted molar refractivity (Wildman–Crippen MR) is 106 cm³/mol. The molecule has 1 aromatic carbocycles. The minimum Gasteiger partial charge on any atom is -0.460 e. The number of ether oxygens (including phenoxy) is 1. The van der Waals surface area contributed by atoms with Gasteiger partial charge in [-0.2, -0.15) is 13.2 Å². The summed E-state index contributed by atoms with van der Waals surface area (Å²) < 4.78 is 68.3. The number of alkyl halides is 3. The third kappa shape index (κ3) is 6.06. The van der Waals surface area contributed by atoms with Gasteiger partial charge in [-0.05, 0) is 58.7 Å². The zero-order valence-corrected chi connectivity index (χ0v) is 18.7. The molecule has 3 atom stereocenters. The Morgan fingerprint density at radius 3 is 2.07 bits per heavy atom. The highest BCUT2D eigenvalue weighted by molar-refractivity contribution is 7.54. The van der Waals surface area contributed by atoms with Crippen molar-refractivity contribution in [3.05, 3.63) is 35.4 Å². The van der Waals surface area contributed by atoms with Crippen LogP contribution in [-0.2, 0) is 29.3 Å². The Bertz CT molecular complexity index is 766. The summed E-state index contributed by atoms with van der Waals surface area (Å²) in [5.74, 6) is -2.08. The van der Waals surface area contributed by atoms with Crippen LogP contribution in [0.25, 0.3) is 0 Å². The molecule has 0 saturated carbocycles. The van der Waals surface area contributed by atoms with Crippen LogP contribution >= 0.6 is 7.60 Å². The normalized spacial score (nSPS) is 22.9. The molecule has 0 bridgehead atoms. The molecule has 0 spiro atoms. The van der Waals surface area contributed by atoms with Crippen molar-refractivity contribution in [1.82, 2.24) is 5.32 Å². The lowest BCUT2D eigenvalue weighted by molar-refractivity contribution is -0.160. The highest BCUT2D eigenvalue weighted by Crippen LogP contribution is 2.57. The maximum Gasteiger partial charge on any atom is 0.416 e. The number of esters is 1. The van der Waals surface area contributed by atoms with E-state index in [1.54, 1.807) is 34.6 Å². The highest BCUT2D eigenvalue weighted by atomic mass is 31.2. The Morgan fingerprint density at radius 2 is 1.63 bits per heavy atom. The van der Waals surface area contributed by atoms with Crippen molar-refractivity contribution >= 4 is 13.6 Å². The number of benzene rings is 1. The summed E-state index contributed by atoms with van der Waals surface area (Å²) >= 11 is 0. The first kappa shape index (κ1) is 24.9. The Morgan fingerprint density at radius 1 is 1.10 bits per heavy atom. The summed E-state index contributed by atoms with van der Waals surface area (Å²) in [6, 6.07) is 3.85. The minimum atomic E-state index is -4.46. The van der Waals surface area contributed by atoms with E-state index < -0.39 is 48.6 Å². The van der Waals surface area contributed by atoms with Crippen molar-refractivity contribution in [3.8, 4) is 0 Å². The smallest absolute Gasteiger partial charge is 0.416 e. The average Bonchev–Trinajstić information content (AvgIpc) is 3.06. The SMILES string of the molecule is CCOP(=O)(OCC)[C@H]1C[C@H](C(=O)OC(C)(C)C)[C@@H](c2ccc(C(F)(F)F)cc2)N1. The topological polar surface area (TPSA) is 73.9 Å². The molecule has 10 heteroatoms. The molecule has 170 valence electrons. The van der Waals surface area contributed by atoms with Gasteiger partial charge in [0.1, 0.15) is 11.4 Å². The zero-order chi connectivity index (χ0) is 22.7. The molecule has 2 rings (SSSR count). The van der Waals surface area contributed by atoms with Crippen LogP contribution in [0.1, 0.15) is 58.2 Å². The standard InChI is InChI=1S/C20H29F3NO5P/c1-6-27-30(26,28-7-2)16-12-15(18(25)29-19(3,4)5)17(24-16)13-8-10-14(11-9-13)20(21,22)23/h8-11,15-17,24H,6-7,12H2,1-5H3/t15-,16-,17+/m0/s1. The third-order valence-electron chi connectivity index (χ3n) is 4.56. The van der Waals surface area contributed by atoms with Gasteiger partial charge in [-0.3, -0.25) is 14.7 Å². The average molecular weight is 451 g/mol. The zero-order valence-electron chi connectivity index (χ0n) is 17.8. The van der Waals surface area contributed by atoms with Gasteiger partial charge in [0, 0.05) is 6.04 Å². The number of hydrogen-bond donors (Lipinski definition) is 1. The summed E-state index contributed by atoms with van der Waals surface area (Å²) in [6.07, 6.45) is -4.35. The Balaban J connectivity index is 2.38. The van der Waals surface area contributed by atoms with Crippen molar-refractivity contribution in [2.75, 3.05) is 13.2 Å². The second-order valence-corrected chi connectivity index (χ2v) is 10.3. The Hall–Kier alpha value is -1.41. The van der Waals surface area contributed by atoms with Gasteiger partial charge >= 0.3 is 19.7 Å². The van der Waals surface area contributed by atoms with Crippen LogP contribution in [0.5, 0.6) is 0 Å². The van der Waals surface area contributed by atoms with Crippen molar-refractivity contribution in [1.29, 1.82) is 0 Å². The molecule has 0 radical (unpaired) electrons. The molecule has 0 aliphatic carbocycles. The lowest BCUT2D eigenvalue weighted by atomic mass is 9.93.